The first-order valence-corrected chi connectivity index (χ1v) is 11.7. The lowest BCUT2D eigenvalue weighted by Gasteiger charge is -2.29. The van der Waals surface area contributed by atoms with Crippen LogP contribution in [-0.2, 0) is 4.79 Å². The SMILES string of the molecule is COc1ccccc1NC(=O)C1=C(C)Nc2nc(-c3cccc(O)c3)nn2C1c1ccc(Cl)c(Cl)c1. The number of carbonyl (C=O) groups excluding carboxylic acids is 1. The summed E-state index contributed by atoms with van der Waals surface area (Å²) in [5.74, 6) is 1.11. The quantitative estimate of drug-likeness (QED) is 0.302. The third-order valence-electron chi connectivity index (χ3n) is 5.82. The van der Waals surface area contributed by atoms with Crippen LogP contribution in [0.3, 0.4) is 0 Å². The fraction of sp³-hybridized carbons (Fsp3) is 0.115. The molecule has 1 aliphatic rings. The highest BCUT2D eigenvalue weighted by atomic mass is 35.5. The Morgan fingerprint density at radius 2 is 1.89 bits per heavy atom. The summed E-state index contributed by atoms with van der Waals surface area (Å²) >= 11 is 12.5. The van der Waals surface area contributed by atoms with Crippen molar-refractivity contribution in [1.29, 1.82) is 0 Å². The van der Waals surface area contributed by atoms with Crippen LogP contribution in [0.4, 0.5) is 11.6 Å². The summed E-state index contributed by atoms with van der Waals surface area (Å²) in [6, 6.07) is 18.3. The largest absolute Gasteiger partial charge is 0.508 e. The summed E-state index contributed by atoms with van der Waals surface area (Å²) in [6.07, 6.45) is 0. The Kier molecular flexibility index (Phi) is 6.30. The number of halogens is 2. The molecule has 0 radical (unpaired) electrons. The number of ether oxygens (including phenoxy) is 1. The molecule has 1 atom stereocenters. The minimum absolute atomic E-state index is 0.0976. The lowest BCUT2D eigenvalue weighted by atomic mass is 9.95. The number of hydrogen-bond donors (Lipinski definition) is 3. The van der Waals surface area contributed by atoms with E-state index < -0.39 is 6.04 Å². The molecule has 1 aromatic heterocycles. The van der Waals surface area contributed by atoms with Crippen molar-refractivity contribution in [1.82, 2.24) is 14.8 Å². The van der Waals surface area contributed by atoms with Gasteiger partial charge in [-0.15, -0.1) is 5.10 Å². The number of rotatable bonds is 5. The van der Waals surface area contributed by atoms with E-state index in [9.17, 15) is 9.90 Å². The van der Waals surface area contributed by atoms with Crippen molar-refractivity contribution >= 4 is 40.7 Å². The minimum atomic E-state index is -0.663. The number of hydrogen-bond acceptors (Lipinski definition) is 6. The average molecular weight is 522 g/mol. The standard InChI is InChI=1S/C26H21Cl2N5O3/c1-14-22(25(35)30-20-8-3-4-9-21(20)36-2)23(15-10-11-18(27)19(28)13-15)33-26(29-14)31-24(32-33)16-6-5-7-17(34)12-16/h3-13,23,34H,1-2H3,(H,30,35)(H,29,31,32). The number of phenols is 1. The van der Waals surface area contributed by atoms with Crippen LogP contribution in [0.1, 0.15) is 18.5 Å². The zero-order chi connectivity index (χ0) is 25.4. The van der Waals surface area contributed by atoms with Gasteiger partial charge in [-0.2, -0.15) is 4.98 Å². The van der Waals surface area contributed by atoms with Crippen LogP contribution in [0, 0.1) is 0 Å². The lowest BCUT2D eigenvalue weighted by molar-refractivity contribution is -0.113. The van der Waals surface area contributed by atoms with Gasteiger partial charge in [0, 0.05) is 11.3 Å². The summed E-state index contributed by atoms with van der Waals surface area (Å²) in [6.45, 7) is 1.80. The van der Waals surface area contributed by atoms with Crippen LogP contribution in [0.2, 0.25) is 10.0 Å². The number of fused-ring (bicyclic) bond motifs is 1. The summed E-state index contributed by atoms with van der Waals surface area (Å²) in [5.41, 5.74) is 2.87. The molecular weight excluding hydrogens is 501 g/mol. The van der Waals surface area contributed by atoms with Crippen LogP contribution in [0.15, 0.2) is 78.0 Å². The van der Waals surface area contributed by atoms with Crippen molar-refractivity contribution in [2.24, 2.45) is 0 Å². The summed E-state index contributed by atoms with van der Waals surface area (Å²) < 4.78 is 7.02. The molecule has 4 aromatic rings. The number of methoxy groups -OCH3 is 1. The van der Waals surface area contributed by atoms with Gasteiger partial charge in [-0.05, 0) is 48.9 Å². The molecule has 1 unspecified atom stereocenters. The van der Waals surface area contributed by atoms with Gasteiger partial charge in [0.15, 0.2) is 5.82 Å². The van der Waals surface area contributed by atoms with Crippen molar-refractivity contribution in [2.75, 3.05) is 17.7 Å². The Bertz CT molecular complexity index is 1520. The molecule has 0 saturated heterocycles. The molecule has 3 aromatic carbocycles. The molecule has 5 rings (SSSR count). The monoisotopic (exact) mass is 521 g/mol. The van der Waals surface area contributed by atoms with E-state index in [1.165, 1.54) is 0 Å². The van der Waals surface area contributed by atoms with Crippen molar-refractivity contribution in [2.45, 2.75) is 13.0 Å². The Labute approximate surface area is 217 Å². The van der Waals surface area contributed by atoms with E-state index in [-0.39, 0.29) is 11.7 Å². The van der Waals surface area contributed by atoms with Gasteiger partial charge in [0.25, 0.3) is 5.91 Å². The summed E-state index contributed by atoms with van der Waals surface area (Å²) in [7, 11) is 1.54. The van der Waals surface area contributed by atoms with Gasteiger partial charge < -0.3 is 20.5 Å². The number of anilines is 2. The van der Waals surface area contributed by atoms with E-state index in [1.54, 1.807) is 73.3 Å². The fourth-order valence-electron chi connectivity index (χ4n) is 4.14. The Morgan fingerprint density at radius 1 is 1.08 bits per heavy atom. The molecule has 8 nitrogen and oxygen atoms in total. The van der Waals surface area contributed by atoms with Gasteiger partial charge in [-0.25, -0.2) is 4.68 Å². The second-order valence-corrected chi connectivity index (χ2v) is 8.96. The highest BCUT2D eigenvalue weighted by Gasteiger charge is 2.35. The van der Waals surface area contributed by atoms with Crippen molar-refractivity contribution in [3.8, 4) is 22.9 Å². The number of phenolic OH excluding ortho intramolecular Hbond substituents is 1. The van der Waals surface area contributed by atoms with Gasteiger partial charge in [0.2, 0.25) is 5.95 Å². The second kappa shape index (κ2) is 9.56. The van der Waals surface area contributed by atoms with Gasteiger partial charge >= 0.3 is 0 Å². The maximum absolute atomic E-state index is 13.7. The predicted molar refractivity (Wildman–Crippen MR) is 140 cm³/mol. The Balaban J connectivity index is 1.62. The maximum Gasteiger partial charge on any atom is 0.255 e. The molecule has 1 amide bonds. The number of aromatic hydroxyl groups is 1. The lowest BCUT2D eigenvalue weighted by Crippen LogP contribution is -2.31. The fourth-order valence-corrected chi connectivity index (χ4v) is 4.45. The van der Waals surface area contributed by atoms with Crippen LogP contribution in [-0.4, -0.2) is 32.9 Å². The van der Waals surface area contributed by atoms with Crippen molar-refractivity contribution < 1.29 is 14.6 Å². The van der Waals surface area contributed by atoms with E-state index in [0.717, 1.165) is 0 Å². The summed E-state index contributed by atoms with van der Waals surface area (Å²) in [5, 5.41) is 21.5. The first-order chi connectivity index (χ1) is 17.4. The molecule has 10 heteroatoms. The third-order valence-corrected chi connectivity index (χ3v) is 6.56. The van der Waals surface area contributed by atoms with Gasteiger partial charge in [0.05, 0.1) is 28.4 Å². The molecule has 3 N–H and O–H groups in total. The topological polar surface area (TPSA) is 101 Å². The Hall–Kier alpha value is -4.01. The number of benzene rings is 3. The van der Waals surface area contributed by atoms with Crippen LogP contribution < -0.4 is 15.4 Å². The zero-order valence-corrected chi connectivity index (χ0v) is 20.8. The normalized spacial score (nSPS) is 14.7. The number of nitrogens with zero attached hydrogens (tertiary/aromatic N) is 3. The highest BCUT2D eigenvalue weighted by Crippen LogP contribution is 2.39. The van der Waals surface area contributed by atoms with E-state index in [4.69, 9.17) is 33.0 Å². The van der Waals surface area contributed by atoms with Crippen LogP contribution in [0.5, 0.6) is 11.5 Å². The molecule has 2 heterocycles. The first-order valence-electron chi connectivity index (χ1n) is 11.0. The number of para-hydroxylation sites is 2. The first kappa shape index (κ1) is 23.7. The van der Waals surface area contributed by atoms with E-state index in [2.05, 4.69) is 15.6 Å². The molecule has 182 valence electrons. The van der Waals surface area contributed by atoms with Gasteiger partial charge in [0.1, 0.15) is 17.5 Å². The maximum atomic E-state index is 13.7. The predicted octanol–water partition coefficient (Wildman–Crippen LogP) is 5.89. The molecule has 36 heavy (non-hydrogen) atoms. The van der Waals surface area contributed by atoms with Crippen molar-refractivity contribution in [3.05, 3.63) is 93.6 Å². The number of amides is 1. The zero-order valence-electron chi connectivity index (χ0n) is 19.3. The summed E-state index contributed by atoms with van der Waals surface area (Å²) in [4.78, 5) is 18.3. The van der Waals surface area contributed by atoms with E-state index in [0.29, 0.717) is 55.7 Å². The van der Waals surface area contributed by atoms with Crippen LogP contribution >= 0.6 is 23.2 Å². The minimum Gasteiger partial charge on any atom is -0.508 e. The van der Waals surface area contributed by atoms with Crippen LogP contribution in [0.25, 0.3) is 11.4 Å². The number of allylic oxidation sites excluding steroid dienone is 1. The van der Waals surface area contributed by atoms with E-state index in [1.807, 2.05) is 12.1 Å². The highest BCUT2D eigenvalue weighted by molar-refractivity contribution is 6.42. The number of carbonyl (C=O) groups is 1. The molecule has 0 aliphatic carbocycles. The molecule has 1 aliphatic heterocycles. The second-order valence-electron chi connectivity index (χ2n) is 8.15. The molecule has 0 saturated carbocycles. The average Bonchev–Trinajstić information content (AvgIpc) is 3.29. The smallest absolute Gasteiger partial charge is 0.255 e. The number of aromatic nitrogens is 3. The third kappa shape index (κ3) is 4.36. The van der Waals surface area contributed by atoms with Crippen molar-refractivity contribution in [3.63, 3.8) is 0 Å². The molecule has 0 bridgehead atoms. The molecule has 0 fully saturated rings. The number of nitrogens with one attached hydrogen (secondary N) is 2. The van der Waals surface area contributed by atoms with Gasteiger partial charge in [-0.3, -0.25) is 4.79 Å². The Morgan fingerprint density at radius 3 is 2.64 bits per heavy atom. The van der Waals surface area contributed by atoms with E-state index >= 15 is 0 Å². The van der Waals surface area contributed by atoms with Gasteiger partial charge in [-0.1, -0.05) is 53.5 Å². The molecular formula is C26H21Cl2N5O3. The molecule has 0 spiro atoms.